The summed E-state index contributed by atoms with van der Waals surface area (Å²) < 4.78 is 6.36. The van der Waals surface area contributed by atoms with Gasteiger partial charge in [-0.15, -0.1) is 0 Å². The molecule has 0 radical (unpaired) electrons. The third-order valence-electron chi connectivity index (χ3n) is 4.39. The summed E-state index contributed by atoms with van der Waals surface area (Å²) in [6.45, 7) is 14.5. The van der Waals surface area contributed by atoms with Gasteiger partial charge in [0.25, 0.3) is 0 Å². The fourth-order valence-corrected chi connectivity index (χ4v) is 3.12. The molecule has 1 aliphatic heterocycles. The van der Waals surface area contributed by atoms with Gasteiger partial charge in [-0.25, -0.2) is 0 Å². The van der Waals surface area contributed by atoms with E-state index in [2.05, 4.69) is 59.0 Å². The molecule has 0 fully saturated rings. The second-order valence-electron chi connectivity index (χ2n) is 7.16. The van der Waals surface area contributed by atoms with Gasteiger partial charge in [0.15, 0.2) is 0 Å². The highest BCUT2D eigenvalue weighted by molar-refractivity contribution is 5.52. The first-order chi connectivity index (χ1) is 9.92. The minimum absolute atomic E-state index is 0.118. The zero-order valence-corrected chi connectivity index (χ0v) is 14.5. The van der Waals surface area contributed by atoms with E-state index < -0.39 is 0 Å². The molecule has 2 heteroatoms. The molecule has 0 spiro atoms. The number of fused-ring (bicyclic) bond motifs is 1. The van der Waals surface area contributed by atoms with Gasteiger partial charge in [0.05, 0.1) is 6.04 Å². The Labute approximate surface area is 130 Å². The lowest BCUT2D eigenvalue weighted by molar-refractivity contribution is 0.182. The molecule has 1 N–H and O–H groups in total. The van der Waals surface area contributed by atoms with E-state index in [1.807, 2.05) is 0 Å². The van der Waals surface area contributed by atoms with Gasteiger partial charge < -0.3 is 10.1 Å². The molecule has 21 heavy (non-hydrogen) atoms. The van der Waals surface area contributed by atoms with Crippen LogP contribution in [0.2, 0.25) is 0 Å². The summed E-state index contributed by atoms with van der Waals surface area (Å²) in [4.78, 5) is 0. The van der Waals surface area contributed by atoms with Crippen molar-refractivity contribution in [2.75, 3.05) is 6.54 Å². The van der Waals surface area contributed by atoms with Crippen LogP contribution in [0.1, 0.15) is 77.1 Å². The smallest absolute Gasteiger partial charge is 0.128 e. The highest BCUT2D eigenvalue weighted by atomic mass is 16.5. The average molecular weight is 289 g/mol. The van der Waals surface area contributed by atoms with Crippen LogP contribution in [0.15, 0.2) is 12.1 Å². The molecule has 2 unspecified atom stereocenters. The molecule has 1 aromatic carbocycles. The second-order valence-corrected chi connectivity index (χ2v) is 7.16. The largest absolute Gasteiger partial charge is 0.488 e. The molecule has 0 amide bonds. The fraction of sp³-hybridized carbons (Fsp3) is 0.684. The van der Waals surface area contributed by atoms with E-state index in [0.717, 1.165) is 31.6 Å². The van der Waals surface area contributed by atoms with Crippen molar-refractivity contribution in [3.8, 4) is 5.75 Å². The molecular formula is C19H31NO. The molecule has 0 saturated heterocycles. The zero-order chi connectivity index (χ0) is 15.6. The first-order valence-corrected chi connectivity index (χ1v) is 8.49. The van der Waals surface area contributed by atoms with Gasteiger partial charge in [-0.1, -0.05) is 53.7 Å². The number of nitrogens with one attached hydrogen (secondary N) is 1. The lowest BCUT2D eigenvalue weighted by Gasteiger charge is -2.23. The Kier molecular flexibility index (Phi) is 4.98. The Balaban J connectivity index is 2.49. The maximum atomic E-state index is 6.36. The van der Waals surface area contributed by atoms with Crippen LogP contribution in [0.3, 0.4) is 0 Å². The van der Waals surface area contributed by atoms with Crippen molar-refractivity contribution in [1.82, 2.24) is 5.32 Å². The van der Waals surface area contributed by atoms with Crippen LogP contribution in [-0.2, 0) is 11.8 Å². The number of aryl methyl sites for hydroxylation is 1. The van der Waals surface area contributed by atoms with Crippen LogP contribution in [0.25, 0.3) is 0 Å². The molecule has 2 nitrogen and oxygen atoms in total. The standard InChI is InChI=1S/C19H31NO/c1-7-10-20-17-14-11-13(8-2)12-15(19(4,5)6)18(14)21-16(17)9-3/h11-12,16-17,20H,7-10H2,1-6H3. The van der Waals surface area contributed by atoms with E-state index in [0.29, 0.717) is 6.04 Å². The quantitative estimate of drug-likeness (QED) is 0.844. The molecule has 0 aromatic heterocycles. The Morgan fingerprint density at radius 3 is 2.38 bits per heavy atom. The van der Waals surface area contributed by atoms with E-state index in [-0.39, 0.29) is 11.5 Å². The van der Waals surface area contributed by atoms with Crippen LogP contribution in [0.5, 0.6) is 5.75 Å². The minimum Gasteiger partial charge on any atom is -0.488 e. The predicted octanol–water partition coefficient (Wildman–Crippen LogP) is 4.76. The van der Waals surface area contributed by atoms with Crippen LogP contribution >= 0.6 is 0 Å². The molecule has 0 bridgehead atoms. The van der Waals surface area contributed by atoms with Crippen molar-refractivity contribution in [3.05, 3.63) is 28.8 Å². The van der Waals surface area contributed by atoms with Crippen LogP contribution in [-0.4, -0.2) is 12.6 Å². The Bertz CT molecular complexity index is 487. The summed E-state index contributed by atoms with van der Waals surface area (Å²) in [6, 6.07) is 5.04. The Morgan fingerprint density at radius 1 is 1.14 bits per heavy atom. The first-order valence-electron chi connectivity index (χ1n) is 8.49. The van der Waals surface area contributed by atoms with Crippen LogP contribution in [0.4, 0.5) is 0 Å². The number of ether oxygens (including phenoxy) is 1. The van der Waals surface area contributed by atoms with Crippen molar-refractivity contribution in [2.45, 2.75) is 78.4 Å². The Morgan fingerprint density at radius 2 is 1.86 bits per heavy atom. The molecule has 2 atom stereocenters. The highest BCUT2D eigenvalue weighted by Crippen LogP contribution is 2.45. The fourth-order valence-electron chi connectivity index (χ4n) is 3.12. The number of benzene rings is 1. The summed E-state index contributed by atoms with van der Waals surface area (Å²) in [5, 5.41) is 3.69. The molecule has 1 aliphatic rings. The maximum Gasteiger partial charge on any atom is 0.128 e. The minimum atomic E-state index is 0.118. The SMILES string of the molecule is CCCNC1c2cc(CC)cc(C(C)(C)C)c2OC1CC. The molecule has 2 rings (SSSR count). The van der Waals surface area contributed by atoms with E-state index in [1.54, 1.807) is 0 Å². The van der Waals surface area contributed by atoms with Gasteiger partial charge in [-0.2, -0.15) is 0 Å². The summed E-state index contributed by atoms with van der Waals surface area (Å²) in [5.74, 6) is 1.14. The van der Waals surface area contributed by atoms with Crippen molar-refractivity contribution in [2.24, 2.45) is 0 Å². The lowest BCUT2D eigenvalue weighted by Crippen LogP contribution is -2.31. The van der Waals surface area contributed by atoms with Gasteiger partial charge >= 0.3 is 0 Å². The molecule has 1 heterocycles. The molecule has 0 saturated carbocycles. The van der Waals surface area contributed by atoms with Gasteiger partial charge in [0.2, 0.25) is 0 Å². The van der Waals surface area contributed by atoms with E-state index in [9.17, 15) is 0 Å². The van der Waals surface area contributed by atoms with Crippen molar-refractivity contribution < 1.29 is 4.74 Å². The van der Waals surface area contributed by atoms with E-state index in [1.165, 1.54) is 16.7 Å². The highest BCUT2D eigenvalue weighted by Gasteiger charge is 2.36. The Hall–Kier alpha value is -1.02. The van der Waals surface area contributed by atoms with Crippen molar-refractivity contribution in [3.63, 3.8) is 0 Å². The van der Waals surface area contributed by atoms with Crippen LogP contribution in [0, 0.1) is 0 Å². The van der Waals surface area contributed by atoms with Crippen molar-refractivity contribution in [1.29, 1.82) is 0 Å². The van der Waals surface area contributed by atoms with Gasteiger partial charge in [0.1, 0.15) is 11.9 Å². The summed E-state index contributed by atoms with van der Waals surface area (Å²) in [6.07, 6.45) is 3.54. The number of hydrogen-bond acceptors (Lipinski definition) is 2. The summed E-state index contributed by atoms with van der Waals surface area (Å²) in [5.41, 5.74) is 4.27. The third kappa shape index (κ3) is 3.26. The first kappa shape index (κ1) is 16.4. The second kappa shape index (κ2) is 6.39. The molecule has 0 aliphatic carbocycles. The van der Waals surface area contributed by atoms with Gasteiger partial charge in [-0.05, 0) is 36.8 Å². The zero-order valence-electron chi connectivity index (χ0n) is 14.5. The van der Waals surface area contributed by atoms with Crippen LogP contribution < -0.4 is 10.1 Å². The molecular weight excluding hydrogens is 258 g/mol. The normalized spacial score (nSPS) is 21.2. The number of rotatable bonds is 5. The molecule has 1 aromatic rings. The van der Waals surface area contributed by atoms with E-state index >= 15 is 0 Å². The van der Waals surface area contributed by atoms with Gasteiger partial charge in [-0.3, -0.25) is 0 Å². The third-order valence-corrected chi connectivity index (χ3v) is 4.39. The number of hydrogen-bond donors (Lipinski definition) is 1. The van der Waals surface area contributed by atoms with Crippen molar-refractivity contribution >= 4 is 0 Å². The van der Waals surface area contributed by atoms with E-state index in [4.69, 9.17) is 4.74 Å². The summed E-state index contributed by atoms with van der Waals surface area (Å²) in [7, 11) is 0. The lowest BCUT2D eigenvalue weighted by atomic mass is 9.83. The predicted molar refractivity (Wildman–Crippen MR) is 90.3 cm³/mol. The molecule has 118 valence electrons. The average Bonchev–Trinajstić information content (AvgIpc) is 2.80. The van der Waals surface area contributed by atoms with Gasteiger partial charge in [0, 0.05) is 11.1 Å². The topological polar surface area (TPSA) is 21.3 Å². The summed E-state index contributed by atoms with van der Waals surface area (Å²) >= 11 is 0. The monoisotopic (exact) mass is 289 g/mol. The maximum absolute atomic E-state index is 6.36.